The zero-order valence-corrected chi connectivity index (χ0v) is 14.0. The number of hydrogen-bond acceptors (Lipinski definition) is 5. The van der Waals surface area contributed by atoms with Gasteiger partial charge >= 0.3 is 0 Å². The minimum atomic E-state index is -0.0674. The van der Waals surface area contributed by atoms with Crippen molar-refractivity contribution in [3.05, 3.63) is 34.7 Å². The van der Waals surface area contributed by atoms with Crippen molar-refractivity contribution in [2.75, 3.05) is 13.2 Å². The molecular formula is C16H22N4O3. The van der Waals surface area contributed by atoms with Gasteiger partial charge in [-0.25, -0.2) is 4.98 Å². The fourth-order valence-electron chi connectivity index (χ4n) is 3.09. The molecule has 1 aliphatic heterocycles. The molecule has 2 aromatic heterocycles. The molecule has 1 atom stereocenters. The lowest BCUT2D eigenvalue weighted by atomic mass is 10.0. The number of carbonyl (C=O) groups is 1. The maximum Gasteiger partial charge on any atom is 0.260 e. The summed E-state index contributed by atoms with van der Waals surface area (Å²) >= 11 is 0. The minimum absolute atomic E-state index is 0.0148. The van der Waals surface area contributed by atoms with E-state index >= 15 is 0 Å². The summed E-state index contributed by atoms with van der Waals surface area (Å²) in [6.07, 6.45) is 2.53. The van der Waals surface area contributed by atoms with Crippen LogP contribution in [0.25, 0.3) is 0 Å². The molecular weight excluding hydrogens is 296 g/mol. The highest BCUT2D eigenvalue weighted by Crippen LogP contribution is 2.26. The third kappa shape index (κ3) is 2.76. The zero-order chi connectivity index (χ0) is 16.6. The van der Waals surface area contributed by atoms with Gasteiger partial charge < -0.3 is 18.7 Å². The Morgan fingerprint density at radius 1 is 1.48 bits per heavy atom. The van der Waals surface area contributed by atoms with Gasteiger partial charge in [-0.05, 0) is 20.8 Å². The van der Waals surface area contributed by atoms with Gasteiger partial charge in [0.1, 0.15) is 11.3 Å². The first-order valence-corrected chi connectivity index (χ1v) is 7.83. The Bertz CT molecular complexity index is 699. The molecule has 7 heteroatoms. The maximum absolute atomic E-state index is 13.0. The minimum Gasteiger partial charge on any atom is -0.380 e. The standard InChI is InChI=1S/C16H22N4O3/c1-5-22-8-12-6-14-13(17-9-19(14)4)7-20(12)16(21)15-10(2)18-23-11(15)3/h9,12H,5-8H2,1-4H3/t12-/m1/s1. The molecule has 3 rings (SSSR count). The van der Waals surface area contributed by atoms with Crippen LogP contribution in [0.4, 0.5) is 0 Å². The first kappa shape index (κ1) is 15.7. The highest BCUT2D eigenvalue weighted by molar-refractivity contribution is 5.96. The Morgan fingerprint density at radius 2 is 2.26 bits per heavy atom. The molecule has 0 aliphatic carbocycles. The zero-order valence-electron chi connectivity index (χ0n) is 14.0. The molecule has 0 N–H and O–H groups in total. The van der Waals surface area contributed by atoms with Crippen LogP contribution in [0.15, 0.2) is 10.9 Å². The normalized spacial score (nSPS) is 17.4. The van der Waals surface area contributed by atoms with Crippen LogP contribution in [0.3, 0.4) is 0 Å². The SMILES string of the molecule is CCOC[C@H]1Cc2c(ncn2C)CN1C(=O)c1c(C)noc1C. The number of aryl methyl sites for hydroxylation is 3. The molecule has 0 aromatic carbocycles. The predicted octanol–water partition coefficient (Wildman–Crippen LogP) is 1.63. The Balaban J connectivity index is 1.93. The number of rotatable bonds is 4. The lowest BCUT2D eigenvalue weighted by Gasteiger charge is -2.35. The highest BCUT2D eigenvalue weighted by Gasteiger charge is 2.34. The van der Waals surface area contributed by atoms with Crippen molar-refractivity contribution in [1.82, 2.24) is 19.6 Å². The molecule has 0 bridgehead atoms. The van der Waals surface area contributed by atoms with Crippen LogP contribution in [-0.4, -0.2) is 44.8 Å². The third-order valence-corrected chi connectivity index (χ3v) is 4.36. The van der Waals surface area contributed by atoms with Crippen molar-refractivity contribution in [2.24, 2.45) is 7.05 Å². The number of fused-ring (bicyclic) bond motifs is 1. The second-order valence-corrected chi connectivity index (χ2v) is 5.90. The average molecular weight is 318 g/mol. The van der Waals surface area contributed by atoms with E-state index in [1.807, 2.05) is 23.4 Å². The van der Waals surface area contributed by atoms with Crippen LogP contribution in [-0.2, 0) is 24.8 Å². The largest absolute Gasteiger partial charge is 0.380 e. The van der Waals surface area contributed by atoms with Crippen molar-refractivity contribution in [3.63, 3.8) is 0 Å². The van der Waals surface area contributed by atoms with E-state index in [1.165, 1.54) is 0 Å². The molecule has 0 radical (unpaired) electrons. The van der Waals surface area contributed by atoms with E-state index in [4.69, 9.17) is 9.26 Å². The van der Waals surface area contributed by atoms with Crippen molar-refractivity contribution < 1.29 is 14.1 Å². The van der Waals surface area contributed by atoms with E-state index in [1.54, 1.807) is 20.2 Å². The Labute approximate surface area is 135 Å². The van der Waals surface area contributed by atoms with Crippen molar-refractivity contribution in [2.45, 2.75) is 39.8 Å². The summed E-state index contributed by atoms with van der Waals surface area (Å²) < 4.78 is 12.8. The van der Waals surface area contributed by atoms with E-state index in [2.05, 4.69) is 10.1 Å². The summed E-state index contributed by atoms with van der Waals surface area (Å²) in [5.74, 6) is 0.483. The number of aromatic nitrogens is 3. The van der Waals surface area contributed by atoms with Gasteiger partial charge in [-0.15, -0.1) is 0 Å². The van der Waals surface area contributed by atoms with E-state index in [9.17, 15) is 4.79 Å². The first-order valence-electron chi connectivity index (χ1n) is 7.83. The van der Waals surface area contributed by atoms with E-state index in [-0.39, 0.29) is 11.9 Å². The van der Waals surface area contributed by atoms with Crippen molar-refractivity contribution >= 4 is 5.91 Å². The second-order valence-electron chi connectivity index (χ2n) is 5.90. The van der Waals surface area contributed by atoms with Crippen LogP contribution in [0.1, 0.15) is 40.1 Å². The van der Waals surface area contributed by atoms with Crippen LogP contribution in [0.2, 0.25) is 0 Å². The van der Waals surface area contributed by atoms with E-state index < -0.39 is 0 Å². The molecule has 7 nitrogen and oxygen atoms in total. The van der Waals surface area contributed by atoms with Crippen LogP contribution in [0.5, 0.6) is 0 Å². The van der Waals surface area contributed by atoms with Gasteiger partial charge in [-0.3, -0.25) is 4.79 Å². The fraction of sp³-hybridized carbons (Fsp3) is 0.562. The summed E-state index contributed by atoms with van der Waals surface area (Å²) in [4.78, 5) is 19.3. The first-order chi connectivity index (χ1) is 11.0. The van der Waals surface area contributed by atoms with Gasteiger partial charge in [0.15, 0.2) is 0 Å². The number of ether oxygens (including phenoxy) is 1. The monoisotopic (exact) mass is 318 g/mol. The summed E-state index contributed by atoms with van der Waals surface area (Å²) in [5.41, 5.74) is 3.28. The predicted molar refractivity (Wildman–Crippen MR) is 83.0 cm³/mol. The molecule has 124 valence electrons. The number of carbonyl (C=O) groups excluding carboxylic acids is 1. The average Bonchev–Trinajstić information content (AvgIpc) is 3.06. The van der Waals surface area contributed by atoms with E-state index in [0.717, 1.165) is 17.8 Å². The highest BCUT2D eigenvalue weighted by atomic mass is 16.5. The Kier molecular flexibility index (Phi) is 4.21. The van der Waals surface area contributed by atoms with Gasteiger partial charge in [0.2, 0.25) is 0 Å². The van der Waals surface area contributed by atoms with Crippen LogP contribution < -0.4 is 0 Å². The molecule has 2 aromatic rings. The fourth-order valence-corrected chi connectivity index (χ4v) is 3.09. The van der Waals surface area contributed by atoms with Crippen LogP contribution in [0, 0.1) is 13.8 Å². The molecule has 0 saturated heterocycles. The number of hydrogen-bond donors (Lipinski definition) is 0. The van der Waals surface area contributed by atoms with Gasteiger partial charge in [0.25, 0.3) is 5.91 Å². The summed E-state index contributed by atoms with van der Waals surface area (Å²) in [6.45, 7) is 7.13. The second kappa shape index (κ2) is 6.16. The quantitative estimate of drug-likeness (QED) is 0.856. The van der Waals surface area contributed by atoms with Crippen molar-refractivity contribution in [1.29, 1.82) is 0 Å². The third-order valence-electron chi connectivity index (χ3n) is 4.36. The lowest BCUT2D eigenvalue weighted by molar-refractivity contribution is 0.0385. The van der Waals surface area contributed by atoms with Gasteiger partial charge in [0.05, 0.1) is 36.9 Å². The Morgan fingerprint density at radius 3 is 2.91 bits per heavy atom. The molecule has 0 saturated carbocycles. The summed E-state index contributed by atoms with van der Waals surface area (Å²) in [7, 11) is 1.98. The molecule has 0 spiro atoms. The number of imidazole rings is 1. The molecule has 3 heterocycles. The molecule has 0 unspecified atom stereocenters. The molecule has 0 fully saturated rings. The topological polar surface area (TPSA) is 73.4 Å². The van der Waals surface area contributed by atoms with Crippen LogP contribution >= 0.6 is 0 Å². The maximum atomic E-state index is 13.0. The lowest BCUT2D eigenvalue weighted by Crippen LogP contribution is -2.47. The van der Waals surface area contributed by atoms with Gasteiger partial charge in [0, 0.05) is 25.8 Å². The van der Waals surface area contributed by atoms with Crippen molar-refractivity contribution in [3.8, 4) is 0 Å². The summed E-state index contributed by atoms with van der Waals surface area (Å²) in [5, 5.41) is 3.89. The Hall–Kier alpha value is -2.15. The number of nitrogens with zero attached hydrogens (tertiary/aromatic N) is 4. The number of amides is 1. The van der Waals surface area contributed by atoms with Gasteiger partial charge in [-0.2, -0.15) is 0 Å². The summed E-state index contributed by atoms with van der Waals surface area (Å²) in [6, 6.07) is -0.0148. The molecule has 1 aliphatic rings. The van der Waals surface area contributed by atoms with Gasteiger partial charge in [-0.1, -0.05) is 5.16 Å². The molecule has 23 heavy (non-hydrogen) atoms. The smallest absolute Gasteiger partial charge is 0.260 e. The molecule has 1 amide bonds. The van der Waals surface area contributed by atoms with E-state index in [0.29, 0.717) is 36.8 Å².